The molecule has 14 heteroatoms. The first-order chi connectivity index (χ1) is 13.7. The minimum absolute atomic E-state index is 0.115. The minimum Gasteiger partial charge on any atom is -0.367 e. The van der Waals surface area contributed by atoms with Gasteiger partial charge in [0.25, 0.3) is 10.0 Å². The maximum Gasteiger partial charge on any atom is 0.512 e. The van der Waals surface area contributed by atoms with Gasteiger partial charge in [0.15, 0.2) is 17.5 Å². The molecule has 1 N–H and O–H groups in total. The second-order valence-corrected chi connectivity index (χ2v) is 10.1. The Balaban J connectivity index is 2.58. The lowest BCUT2D eigenvalue weighted by Crippen LogP contribution is -2.41. The van der Waals surface area contributed by atoms with E-state index >= 15 is 0 Å². The third-order valence-electron chi connectivity index (χ3n) is 4.35. The maximum absolute atomic E-state index is 14.9. The standard InChI is InChI=1S/C16H18F6N2O4S2/c1-10-11(17)14(24-8-6-4-2-3-5-7-9-24)12(18)13(19)15(10)29(25,26)23-30(27,28)16(20,21)22/h2-3,23H,4-9H2,1H3/b3-2-. The van der Waals surface area contributed by atoms with E-state index < -0.39 is 59.2 Å². The first-order valence-electron chi connectivity index (χ1n) is 8.62. The van der Waals surface area contributed by atoms with Crippen LogP contribution in [0.5, 0.6) is 0 Å². The van der Waals surface area contributed by atoms with E-state index in [9.17, 15) is 43.2 Å². The summed E-state index contributed by atoms with van der Waals surface area (Å²) in [4.78, 5) is -0.663. The van der Waals surface area contributed by atoms with Crippen molar-refractivity contribution in [2.24, 2.45) is 0 Å². The normalized spacial score (nSPS) is 17.9. The number of hydrogen-bond acceptors (Lipinski definition) is 5. The molecular formula is C16H18F6N2O4S2. The van der Waals surface area contributed by atoms with Gasteiger partial charge in [0.05, 0.1) is 0 Å². The number of sulfonamides is 2. The van der Waals surface area contributed by atoms with Gasteiger partial charge in [0.2, 0.25) is 0 Å². The van der Waals surface area contributed by atoms with E-state index in [2.05, 4.69) is 0 Å². The molecule has 0 saturated heterocycles. The minimum atomic E-state index is -6.47. The zero-order valence-electron chi connectivity index (χ0n) is 15.6. The third-order valence-corrected chi connectivity index (χ3v) is 7.74. The van der Waals surface area contributed by atoms with Crippen molar-refractivity contribution in [3.8, 4) is 0 Å². The molecule has 0 aliphatic carbocycles. The predicted molar refractivity (Wildman–Crippen MR) is 96.2 cm³/mol. The van der Waals surface area contributed by atoms with Gasteiger partial charge in [-0.25, -0.2) is 30.0 Å². The summed E-state index contributed by atoms with van der Waals surface area (Å²) in [6.07, 6.45) is 5.86. The number of hydrogen-bond donors (Lipinski definition) is 1. The van der Waals surface area contributed by atoms with Crippen LogP contribution in [0.4, 0.5) is 32.0 Å². The van der Waals surface area contributed by atoms with E-state index in [1.807, 2.05) is 12.2 Å². The molecule has 0 unspecified atom stereocenters. The average molecular weight is 480 g/mol. The molecule has 1 aromatic rings. The quantitative estimate of drug-likeness (QED) is 0.405. The van der Waals surface area contributed by atoms with Gasteiger partial charge >= 0.3 is 15.5 Å². The van der Waals surface area contributed by atoms with Crippen molar-refractivity contribution >= 4 is 25.7 Å². The lowest BCUT2D eigenvalue weighted by molar-refractivity contribution is -0.0441. The Morgan fingerprint density at radius 1 is 0.900 bits per heavy atom. The summed E-state index contributed by atoms with van der Waals surface area (Å²) in [5.41, 5.74) is -7.95. The predicted octanol–water partition coefficient (Wildman–Crippen LogP) is 3.48. The number of halogens is 6. The Hall–Kier alpha value is -1.80. The van der Waals surface area contributed by atoms with Crippen LogP contribution < -0.4 is 9.03 Å². The van der Waals surface area contributed by atoms with E-state index in [1.165, 1.54) is 4.90 Å². The van der Waals surface area contributed by atoms with Crippen LogP contribution in [0.3, 0.4) is 0 Å². The average Bonchev–Trinajstić information content (AvgIpc) is 2.72. The number of alkyl halides is 3. The van der Waals surface area contributed by atoms with E-state index in [1.54, 1.807) is 0 Å². The largest absolute Gasteiger partial charge is 0.512 e. The smallest absolute Gasteiger partial charge is 0.367 e. The Kier molecular flexibility index (Phi) is 7.13. The zero-order chi connectivity index (χ0) is 22.9. The molecule has 0 radical (unpaired) electrons. The fourth-order valence-corrected chi connectivity index (χ4v) is 5.63. The summed E-state index contributed by atoms with van der Waals surface area (Å²) in [5, 5.41) is 0. The highest BCUT2D eigenvalue weighted by Gasteiger charge is 2.49. The zero-order valence-corrected chi connectivity index (χ0v) is 17.2. The molecule has 0 aromatic heterocycles. The second-order valence-electron chi connectivity index (χ2n) is 6.52. The van der Waals surface area contributed by atoms with Crippen molar-refractivity contribution in [3.63, 3.8) is 0 Å². The van der Waals surface area contributed by atoms with Crippen LogP contribution >= 0.6 is 0 Å². The first kappa shape index (κ1) is 24.5. The molecule has 170 valence electrons. The fourth-order valence-electron chi connectivity index (χ4n) is 2.94. The number of rotatable bonds is 4. The molecule has 0 atom stereocenters. The van der Waals surface area contributed by atoms with Gasteiger partial charge in [0, 0.05) is 18.7 Å². The molecular weight excluding hydrogens is 462 g/mol. The number of nitrogens with one attached hydrogen (secondary N) is 1. The number of nitrogens with zero attached hydrogens (tertiary/aromatic N) is 1. The molecule has 30 heavy (non-hydrogen) atoms. The lowest BCUT2D eigenvalue weighted by Gasteiger charge is -2.27. The van der Waals surface area contributed by atoms with Gasteiger partial charge in [-0.15, -0.1) is 0 Å². The van der Waals surface area contributed by atoms with Crippen LogP contribution in [0.2, 0.25) is 0 Å². The maximum atomic E-state index is 14.9. The summed E-state index contributed by atoms with van der Waals surface area (Å²) >= 11 is 0. The molecule has 0 bridgehead atoms. The van der Waals surface area contributed by atoms with Crippen LogP contribution in [0.15, 0.2) is 17.0 Å². The van der Waals surface area contributed by atoms with Gasteiger partial charge in [-0.1, -0.05) is 16.3 Å². The van der Waals surface area contributed by atoms with Crippen LogP contribution in [0.1, 0.15) is 31.2 Å². The SMILES string of the molecule is Cc1c(F)c(N2CCC/C=C\CCC2)c(F)c(F)c1S(=O)(=O)NS(=O)(=O)C(F)(F)F. The summed E-state index contributed by atoms with van der Waals surface area (Å²) in [7, 11) is -12.3. The van der Waals surface area contributed by atoms with Crippen molar-refractivity contribution in [1.29, 1.82) is 0 Å². The molecule has 1 aromatic carbocycles. The second kappa shape index (κ2) is 8.75. The van der Waals surface area contributed by atoms with Crippen molar-refractivity contribution < 1.29 is 43.2 Å². The Morgan fingerprint density at radius 2 is 1.40 bits per heavy atom. The number of benzene rings is 1. The lowest BCUT2D eigenvalue weighted by atomic mass is 10.1. The van der Waals surface area contributed by atoms with Crippen LogP contribution in [-0.4, -0.2) is 35.4 Å². The molecule has 0 amide bonds. The topological polar surface area (TPSA) is 83.6 Å². The molecule has 6 nitrogen and oxygen atoms in total. The first-order valence-corrected chi connectivity index (χ1v) is 11.6. The van der Waals surface area contributed by atoms with Crippen LogP contribution in [-0.2, 0) is 20.0 Å². The van der Waals surface area contributed by atoms with E-state index in [4.69, 9.17) is 0 Å². The van der Waals surface area contributed by atoms with Gasteiger partial charge in [0.1, 0.15) is 10.6 Å². The van der Waals surface area contributed by atoms with Crippen molar-refractivity contribution in [3.05, 3.63) is 35.2 Å². The molecule has 1 aliphatic heterocycles. The summed E-state index contributed by atoms with van der Waals surface area (Å²) < 4.78 is 128. The molecule has 2 rings (SSSR count). The third kappa shape index (κ3) is 4.91. The molecule has 0 fully saturated rings. The van der Waals surface area contributed by atoms with Gasteiger partial charge < -0.3 is 4.90 Å². The summed E-state index contributed by atoms with van der Waals surface area (Å²) in [5.74, 6) is -5.62. The Morgan fingerprint density at radius 3 is 1.87 bits per heavy atom. The number of anilines is 1. The van der Waals surface area contributed by atoms with Crippen molar-refractivity contribution in [2.45, 2.75) is 43.0 Å². The molecule has 1 heterocycles. The Bertz CT molecular complexity index is 1010. The van der Waals surface area contributed by atoms with Crippen LogP contribution in [0, 0.1) is 24.4 Å². The van der Waals surface area contributed by atoms with Gasteiger partial charge in [-0.05, 0) is 32.6 Å². The highest BCUT2D eigenvalue weighted by molar-refractivity contribution is 8.05. The van der Waals surface area contributed by atoms with Crippen molar-refractivity contribution in [1.82, 2.24) is 4.13 Å². The monoisotopic (exact) mass is 480 g/mol. The fraction of sp³-hybridized carbons (Fsp3) is 0.500. The highest BCUT2D eigenvalue weighted by atomic mass is 32.3. The van der Waals surface area contributed by atoms with E-state index in [0.29, 0.717) is 32.6 Å². The molecule has 0 saturated carbocycles. The highest BCUT2D eigenvalue weighted by Crippen LogP contribution is 2.35. The summed E-state index contributed by atoms with van der Waals surface area (Å²) in [6, 6.07) is 0. The van der Waals surface area contributed by atoms with E-state index in [0.717, 1.165) is 0 Å². The molecule has 1 aliphatic rings. The Labute approximate surface area is 169 Å². The van der Waals surface area contributed by atoms with Crippen LogP contribution in [0.25, 0.3) is 0 Å². The van der Waals surface area contributed by atoms with Gasteiger partial charge in [-0.3, -0.25) is 0 Å². The number of allylic oxidation sites excluding steroid dienone is 2. The van der Waals surface area contributed by atoms with Crippen molar-refractivity contribution in [2.75, 3.05) is 18.0 Å². The van der Waals surface area contributed by atoms with Gasteiger partial charge in [-0.2, -0.15) is 13.2 Å². The van der Waals surface area contributed by atoms with E-state index in [-0.39, 0.29) is 17.2 Å². The molecule has 0 spiro atoms. The summed E-state index contributed by atoms with van der Waals surface area (Å²) in [6.45, 7) is 0.932.